The summed E-state index contributed by atoms with van der Waals surface area (Å²) >= 11 is 1.92. The Morgan fingerprint density at radius 2 is 2.17 bits per heavy atom. The highest BCUT2D eigenvalue weighted by molar-refractivity contribution is 8.01. The lowest BCUT2D eigenvalue weighted by molar-refractivity contribution is -0.122. The van der Waals surface area contributed by atoms with E-state index in [0.29, 0.717) is 18.3 Å². The number of benzene rings is 1. The van der Waals surface area contributed by atoms with Crippen LogP contribution in [0.5, 0.6) is 0 Å². The maximum atomic E-state index is 12.3. The van der Waals surface area contributed by atoms with E-state index in [0.717, 1.165) is 19.6 Å². The number of thioether (sulfide) groups is 1. The van der Waals surface area contributed by atoms with Crippen molar-refractivity contribution in [3.63, 3.8) is 0 Å². The lowest BCUT2D eigenvalue weighted by atomic mass is 9.85. The fourth-order valence-electron chi connectivity index (χ4n) is 3.35. The SMILES string of the molecule is CC(CC(=O)NCC1(Sc2ccccc2)CC1)C1CCCNC1. The highest BCUT2D eigenvalue weighted by atomic mass is 32.2. The van der Waals surface area contributed by atoms with Gasteiger partial charge in [-0.3, -0.25) is 4.79 Å². The van der Waals surface area contributed by atoms with E-state index in [1.165, 1.54) is 30.6 Å². The molecule has 1 aliphatic heterocycles. The molecule has 1 amide bonds. The maximum Gasteiger partial charge on any atom is 0.220 e. The predicted octanol–water partition coefficient (Wildman–Crippen LogP) is 3.45. The Balaban J connectivity index is 1.41. The monoisotopic (exact) mass is 332 g/mol. The first-order valence-electron chi connectivity index (χ1n) is 8.88. The molecule has 1 aliphatic carbocycles. The Morgan fingerprint density at radius 3 is 2.83 bits per heavy atom. The molecule has 1 heterocycles. The van der Waals surface area contributed by atoms with Crippen LogP contribution in [0.2, 0.25) is 0 Å². The molecule has 2 fully saturated rings. The second kappa shape index (κ2) is 7.71. The largest absolute Gasteiger partial charge is 0.355 e. The summed E-state index contributed by atoms with van der Waals surface area (Å²) in [6, 6.07) is 10.5. The first-order valence-corrected chi connectivity index (χ1v) is 9.70. The minimum atomic E-state index is 0.225. The highest BCUT2D eigenvalue weighted by Gasteiger charge is 2.43. The van der Waals surface area contributed by atoms with Crippen molar-refractivity contribution < 1.29 is 4.79 Å². The molecule has 4 heteroatoms. The van der Waals surface area contributed by atoms with Crippen molar-refractivity contribution in [2.75, 3.05) is 19.6 Å². The van der Waals surface area contributed by atoms with Crippen LogP contribution in [0.25, 0.3) is 0 Å². The van der Waals surface area contributed by atoms with Gasteiger partial charge in [0.05, 0.1) is 0 Å². The molecule has 1 aromatic carbocycles. The third-order valence-corrected chi connectivity index (χ3v) is 6.63. The topological polar surface area (TPSA) is 41.1 Å². The van der Waals surface area contributed by atoms with Crippen LogP contribution < -0.4 is 10.6 Å². The van der Waals surface area contributed by atoms with Crippen LogP contribution in [-0.4, -0.2) is 30.3 Å². The average molecular weight is 333 g/mol. The van der Waals surface area contributed by atoms with Gasteiger partial charge in [0.15, 0.2) is 0 Å². The van der Waals surface area contributed by atoms with E-state index in [9.17, 15) is 4.79 Å². The van der Waals surface area contributed by atoms with Gasteiger partial charge in [-0.05, 0) is 62.7 Å². The minimum absolute atomic E-state index is 0.225. The lowest BCUT2D eigenvalue weighted by Crippen LogP contribution is -2.37. The van der Waals surface area contributed by atoms with Gasteiger partial charge in [0.1, 0.15) is 0 Å². The van der Waals surface area contributed by atoms with Crippen molar-refractivity contribution in [2.45, 2.75) is 48.7 Å². The average Bonchev–Trinajstić information content (AvgIpc) is 3.35. The molecule has 23 heavy (non-hydrogen) atoms. The van der Waals surface area contributed by atoms with Gasteiger partial charge in [-0.15, -0.1) is 11.8 Å². The Hall–Kier alpha value is -1.00. The molecule has 2 atom stereocenters. The van der Waals surface area contributed by atoms with Gasteiger partial charge >= 0.3 is 0 Å². The summed E-state index contributed by atoms with van der Waals surface area (Å²) < 4.78 is 0.243. The van der Waals surface area contributed by atoms with Crippen molar-refractivity contribution >= 4 is 17.7 Å². The third kappa shape index (κ3) is 4.98. The molecule has 1 saturated carbocycles. The first-order chi connectivity index (χ1) is 11.2. The van der Waals surface area contributed by atoms with Gasteiger partial charge in [-0.25, -0.2) is 0 Å². The van der Waals surface area contributed by atoms with E-state index >= 15 is 0 Å². The number of hydrogen-bond acceptors (Lipinski definition) is 3. The third-order valence-electron chi connectivity index (χ3n) is 5.14. The maximum absolute atomic E-state index is 12.3. The Labute approximate surface area is 144 Å². The van der Waals surface area contributed by atoms with Crippen LogP contribution in [0.3, 0.4) is 0 Å². The molecule has 2 aliphatic rings. The number of piperidine rings is 1. The van der Waals surface area contributed by atoms with E-state index in [1.54, 1.807) is 0 Å². The summed E-state index contributed by atoms with van der Waals surface area (Å²) in [6.45, 7) is 5.24. The van der Waals surface area contributed by atoms with Crippen molar-refractivity contribution in [3.8, 4) is 0 Å². The highest BCUT2D eigenvalue weighted by Crippen LogP contribution is 2.51. The molecular formula is C19H28N2OS. The summed E-state index contributed by atoms with van der Waals surface area (Å²) in [7, 11) is 0. The van der Waals surface area contributed by atoms with Crippen molar-refractivity contribution in [3.05, 3.63) is 30.3 Å². The number of carbonyl (C=O) groups is 1. The van der Waals surface area contributed by atoms with Gasteiger partial charge in [-0.1, -0.05) is 25.1 Å². The van der Waals surface area contributed by atoms with Gasteiger partial charge < -0.3 is 10.6 Å². The van der Waals surface area contributed by atoms with E-state index in [-0.39, 0.29) is 10.7 Å². The summed E-state index contributed by atoms with van der Waals surface area (Å²) in [5, 5.41) is 6.64. The molecule has 0 radical (unpaired) electrons. The van der Waals surface area contributed by atoms with E-state index in [4.69, 9.17) is 0 Å². The van der Waals surface area contributed by atoms with Crippen LogP contribution in [0.4, 0.5) is 0 Å². The van der Waals surface area contributed by atoms with Gasteiger partial charge in [0.25, 0.3) is 0 Å². The molecule has 0 bridgehead atoms. The Kier molecular flexibility index (Phi) is 5.65. The van der Waals surface area contributed by atoms with Crippen LogP contribution >= 0.6 is 11.8 Å². The number of hydrogen-bond donors (Lipinski definition) is 2. The van der Waals surface area contributed by atoms with Gasteiger partial charge in [0.2, 0.25) is 5.91 Å². The Morgan fingerprint density at radius 1 is 1.39 bits per heavy atom. The molecular weight excluding hydrogens is 304 g/mol. The van der Waals surface area contributed by atoms with Crippen molar-refractivity contribution in [1.29, 1.82) is 0 Å². The molecule has 1 saturated heterocycles. The summed E-state index contributed by atoms with van der Waals surface area (Å²) in [5.74, 6) is 1.35. The van der Waals surface area contributed by atoms with Crippen LogP contribution in [0.15, 0.2) is 35.2 Å². The first kappa shape index (κ1) is 16.8. The zero-order chi connectivity index (χ0) is 16.1. The molecule has 0 spiro atoms. The fraction of sp³-hybridized carbons (Fsp3) is 0.632. The zero-order valence-corrected chi connectivity index (χ0v) is 14.8. The second-order valence-corrected chi connectivity index (χ2v) is 8.70. The summed E-state index contributed by atoms with van der Waals surface area (Å²) in [6.07, 6.45) is 5.57. The number of carbonyl (C=O) groups excluding carboxylic acids is 1. The molecule has 2 N–H and O–H groups in total. The minimum Gasteiger partial charge on any atom is -0.355 e. The zero-order valence-electron chi connectivity index (χ0n) is 14.0. The standard InChI is InChI=1S/C19H28N2OS/c1-15(16-6-5-11-20-13-16)12-18(22)21-14-19(9-10-19)23-17-7-3-2-4-8-17/h2-4,7-8,15-16,20H,5-6,9-14H2,1H3,(H,21,22). The van der Waals surface area contributed by atoms with E-state index < -0.39 is 0 Å². The van der Waals surface area contributed by atoms with Crippen LogP contribution in [-0.2, 0) is 4.79 Å². The lowest BCUT2D eigenvalue weighted by Gasteiger charge is -2.28. The normalized spacial score (nSPS) is 24.0. The summed E-state index contributed by atoms with van der Waals surface area (Å²) in [4.78, 5) is 13.6. The molecule has 3 rings (SSSR count). The predicted molar refractivity (Wildman–Crippen MR) is 96.6 cm³/mol. The van der Waals surface area contributed by atoms with Crippen LogP contribution in [0, 0.1) is 11.8 Å². The molecule has 1 aromatic rings. The van der Waals surface area contributed by atoms with Gasteiger partial charge in [-0.2, -0.15) is 0 Å². The molecule has 126 valence electrons. The van der Waals surface area contributed by atoms with Crippen LogP contribution in [0.1, 0.15) is 39.0 Å². The number of nitrogens with one attached hydrogen (secondary N) is 2. The fourth-order valence-corrected chi connectivity index (χ4v) is 4.59. The number of rotatable bonds is 7. The van der Waals surface area contributed by atoms with E-state index in [1.807, 2.05) is 17.8 Å². The smallest absolute Gasteiger partial charge is 0.220 e. The molecule has 0 aromatic heterocycles. The second-order valence-electron chi connectivity index (χ2n) is 7.16. The van der Waals surface area contributed by atoms with Crippen molar-refractivity contribution in [1.82, 2.24) is 10.6 Å². The Bertz CT molecular complexity index is 509. The molecule has 2 unspecified atom stereocenters. The van der Waals surface area contributed by atoms with Gasteiger partial charge in [0, 0.05) is 22.6 Å². The number of amides is 1. The molecule has 3 nitrogen and oxygen atoms in total. The van der Waals surface area contributed by atoms with Crippen molar-refractivity contribution in [2.24, 2.45) is 11.8 Å². The quantitative estimate of drug-likeness (QED) is 0.803. The summed E-state index contributed by atoms with van der Waals surface area (Å²) in [5.41, 5.74) is 0. The van der Waals surface area contributed by atoms with E-state index in [2.05, 4.69) is 41.8 Å².